The highest BCUT2D eigenvalue weighted by atomic mass is 35.5. The van der Waals surface area contributed by atoms with Crippen LogP contribution in [-0.2, 0) is 22.1 Å². The Balaban J connectivity index is 2.48. The molecule has 1 aromatic carbocycles. The Bertz CT molecular complexity index is 457. The summed E-state index contributed by atoms with van der Waals surface area (Å²) in [5.41, 5.74) is 0.935. The maximum Gasteiger partial charge on any atom is 0.491 e. The SMILES string of the molecule is O=S(c1cc2c(cc1F)COB2O)C(Cl)Cl. The summed E-state index contributed by atoms with van der Waals surface area (Å²) in [6, 6.07) is 2.45. The zero-order valence-electron chi connectivity index (χ0n) is 7.82. The summed E-state index contributed by atoms with van der Waals surface area (Å²) in [5.74, 6) is -0.666. The van der Waals surface area contributed by atoms with Crippen molar-refractivity contribution in [3.8, 4) is 0 Å². The summed E-state index contributed by atoms with van der Waals surface area (Å²) >= 11 is 10.9. The second-order valence-electron chi connectivity index (χ2n) is 3.20. The minimum Gasteiger partial charge on any atom is -0.423 e. The third-order valence-electron chi connectivity index (χ3n) is 2.24. The van der Waals surface area contributed by atoms with Crippen molar-refractivity contribution in [2.75, 3.05) is 0 Å². The molecule has 2 rings (SSSR count). The fraction of sp³-hybridized carbons (Fsp3) is 0.250. The predicted molar refractivity (Wildman–Crippen MR) is 60.7 cm³/mol. The van der Waals surface area contributed by atoms with Gasteiger partial charge in [0.1, 0.15) is 5.82 Å². The highest BCUT2D eigenvalue weighted by Gasteiger charge is 2.30. The topological polar surface area (TPSA) is 46.5 Å². The summed E-state index contributed by atoms with van der Waals surface area (Å²) in [7, 11) is -2.98. The highest BCUT2D eigenvalue weighted by molar-refractivity contribution is 7.88. The van der Waals surface area contributed by atoms with Gasteiger partial charge in [0, 0.05) is 0 Å². The number of hydrogen-bond acceptors (Lipinski definition) is 3. The molecule has 0 spiro atoms. The second-order valence-corrected chi connectivity index (χ2v) is 6.32. The summed E-state index contributed by atoms with van der Waals surface area (Å²) in [6.45, 7) is 0.130. The number of rotatable bonds is 2. The van der Waals surface area contributed by atoms with Crippen LogP contribution in [0.5, 0.6) is 0 Å². The first-order valence-electron chi connectivity index (χ1n) is 4.31. The minimum atomic E-state index is -1.86. The number of halogens is 3. The molecule has 1 heterocycles. The second kappa shape index (κ2) is 4.62. The van der Waals surface area contributed by atoms with Gasteiger partial charge in [0.15, 0.2) is 4.17 Å². The van der Waals surface area contributed by atoms with E-state index < -0.39 is 27.9 Å². The molecular weight excluding hydrogens is 277 g/mol. The molecule has 1 aliphatic heterocycles. The van der Waals surface area contributed by atoms with Crippen molar-refractivity contribution < 1.29 is 18.3 Å². The van der Waals surface area contributed by atoms with Gasteiger partial charge in [-0.1, -0.05) is 23.2 Å². The lowest BCUT2D eigenvalue weighted by molar-refractivity contribution is 0.275. The van der Waals surface area contributed by atoms with Gasteiger partial charge in [-0.2, -0.15) is 0 Å². The molecule has 86 valence electrons. The van der Waals surface area contributed by atoms with Crippen LogP contribution in [0.3, 0.4) is 0 Å². The zero-order valence-corrected chi connectivity index (χ0v) is 10.2. The van der Waals surface area contributed by atoms with Gasteiger partial charge >= 0.3 is 7.12 Å². The van der Waals surface area contributed by atoms with Gasteiger partial charge in [0.05, 0.1) is 22.3 Å². The molecule has 1 atom stereocenters. The van der Waals surface area contributed by atoms with Gasteiger partial charge < -0.3 is 9.68 Å². The van der Waals surface area contributed by atoms with Gasteiger partial charge in [-0.25, -0.2) is 4.39 Å². The molecule has 0 radical (unpaired) electrons. The van der Waals surface area contributed by atoms with E-state index in [-0.39, 0.29) is 11.5 Å². The Hall–Kier alpha value is -0.135. The molecule has 0 saturated heterocycles. The van der Waals surface area contributed by atoms with E-state index in [1.54, 1.807) is 0 Å². The third-order valence-corrected chi connectivity index (χ3v) is 4.28. The molecule has 0 amide bonds. The van der Waals surface area contributed by atoms with Crippen molar-refractivity contribution in [2.24, 2.45) is 0 Å². The van der Waals surface area contributed by atoms with E-state index in [4.69, 9.17) is 27.9 Å². The maximum atomic E-state index is 13.5. The Morgan fingerprint density at radius 3 is 2.88 bits per heavy atom. The van der Waals surface area contributed by atoms with E-state index in [1.165, 1.54) is 12.1 Å². The summed E-state index contributed by atoms with van der Waals surface area (Å²) in [5, 5.41) is 9.41. The smallest absolute Gasteiger partial charge is 0.423 e. The normalized spacial score (nSPS) is 16.7. The van der Waals surface area contributed by atoms with Crippen molar-refractivity contribution in [1.29, 1.82) is 0 Å². The molecule has 1 aliphatic rings. The summed E-state index contributed by atoms with van der Waals surface area (Å²) in [6.07, 6.45) is 0. The minimum absolute atomic E-state index is 0.127. The van der Waals surface area contributed by atoms with Crippen LogP contribution in [0, 0.1) is 5.82 Å². The molecular formula is C8H6BCl2FO3S. The molecule has 0 bridgehead atoms. The van der Waals surface area contributed by atoms with Gasteiger partial charge in [0.2, 0.25) is 0 Å². The third kappa shape index (κ3) is 2.12. The van der Waals surface area contributed by atoms with E-state index in [0.717, 1.165) is 0 Å². The average Bonchev–Trinajstić information content (AvgIpc) is 2.57. The largest absolute Gasteiger partial charge is 0.491 e. The first-order chi connectivity index (χ1) is 7.50. The molecule has 0 saturated carbocycles. The van der Waals surface area contributed by atoms with Crippen LogP contribution in [-0.4, -0.2) is 20.5 Å². The maximum absolute atomic E-state index is 13.5. The van der Waals surface area contributed by atoms with E-state index in [9.17, 15) is 13.6 Å². The molecule has 16 heavy (non-hydrogen) atoms. The fourth-order valence-electron chi connectivity index (χ4n) is 1.47. The van der Waals surface area contributed by atoms with Gasteiger partial charge in [0.25, 0.3) is 0 Å². The van der Waals surface area contributed by atoms with Crippen LogP contribution in [0.15, 0.2) is 17.0 Å². The van der Waals surface area contributed by atoms with Crippen molar-refractivity contribution >= 4 is 46.6 Å². The first kappa shape index (κ1) is 12.3. The predicted octanol–water partition coefficient (Wildman–Crippen LogP) is 0.912. The lowest BCUT2D eigenvalue weighted by atomic mass is 9.80. The standard InChI is InChI=1S/C8H6BCl2FO3S/c10-8(11)16(14)7-2-5-4(1-6(7)12)3-15-9(5)13/h1-2,8,13H,3H2. The molecule has 1 aromatic rings. The fourth-order valence-corrected chi connectivity index (χ4v) is 2.74. The zero-order chi connectivity index (χ0) is 11.9. The average molecular weight is 283 g/mol. The molecule has 8 heteroatoms. The van der Waals surface area contributed by atoms with Crippen molar-refractivity contribution in [3.05, 3.63) is 23.5 Å². The van der Waals surface area contributed by atoms with E-state index >= 15 is 0 Å². The summed E-state index contributed by atoms with van der Waals surface area (Å²) < 4.78 is 28.8. The Morgan fingerprint density at radius 2 is 2.25 bits per heavy atom. The number of benzene rings is 1. The van der Waals surface area contributed by atoms with Crippen LogP contribution in [0.2, 0.25) is 0 Å². The van der Waals surface area contributed by atoms with Gasteiger partial charge in [-0.3, -0.25) is 4.21 Å². The van der Waals surface area contributed by atoms with Crippen molar-refractivity contribution in [2.45, 2.75) is 15.7 Å². The Kier molecular flexibility index (Phi) is 3.56. The van der Waals surface area contributed by atoms with Crippen LogP contribution < -0.4 is 5.46 Å². The van der Waals surface area contributed by atoms with E-state index in [0.29, 0.717) is 11.0 Å². The number of alkyl halides is 2. The molecule has 0 fully saturated rings. The van der Waals surface area contributed by atoms with Crippen molar-refractivity contribution in [3.63, 3.8) is 0 Å². The molecule has 0 aliphatic carbocycles. The molecule has 1 unspecified atom stereocenters. The lowest BCUT2D eigenvalue weighted by Crippen LogP contribution is -2.29. The number of fused-ring (bicyclic) bond motifs is 1. The molecule has 3 nitrogen and oxygen atoms in total. The van der Waals surface area contributed by atoms with Crippen LogP contribution in [0.25, 0.3) is 0 Å². The lowest BCUT2D eigenvalue weighted by Gasteiger charge is -2.06. The first-order valence-corrected chi connectivity index (χ1v) is 6.40. The van der Waals surface area contributed by atoms with Crippen LogP contribution >= 0.6 is 23.2 Å². The molecule has 1 N–H and O–H groups in total. The van der Waals surface area contributed by atoms with E-state index in [1.807, 2.05) is 0 Å². The van der Waals surface area contributed by atoms with Crippen LogP contribution in [0.1, 0.15) is 5.56 Å². The van der Waals surface area contributed by atoms with Gasteiger partial charge in [-0.15, -0.1) is 0 Å². The Labute approximate surface area is 104 Å². The Morgan fingerprint density at radius 1 is 1.56 bits per heavy atom. The van der Waals surface area contributed by atoms with Gasteiger partial charge in [-0.05, 0) is 23.2 Å². The number of hydrogen-bond donors (Lipinski definition) is 1. The van der Waals surface area contributed by atoms with Crippen molar-refractivity contribution in [1.82, 2.24) is 0 Å². The van der Waals surface area contributed by atoms with Crippen LogP contribution in [0.4, 0.5) is 4.39 Å². The summed E-state index contributed by atoms with van der Waals surface area (Å²) in [4.78, 5) is -0.127. The molecule has 0 aromatic heterocycles. The highest BCUT2D eigenvalue weighted by Crippen LogP contribution is 2.22. The monoisotopic (exact) mass is 282 g/mol. The van der Waals surface area contributed by atoms with E-state index in [2.05, 4.69) is 0 Å². The quantitative estimate of drug-likeness (QED) is 0.648.